The SMILES string of the molecule is Cc1cccc(C(C(=O)O)N2CCN(C(=O)C(F)(F)F)CC2)c1. The van der Waals surface area contributed by atoms with Crippen LogP contribution in [0.3, 0.4) is 0 Å². The van der Waals surface area contributed by atoms with E-state index in [1.54, 1.807) is 23.1 Å². The highest BCUT2D eigenvalue weighted by Crippen LogP contribution is 2.25. The lowest BCUT2D eigenvalue weighted by atomic mass is 10.0. The van der Waals surface area contributed by atoms with E-state index < -0.39 is 24.1 Å². The summed E-state index contributed by atoms with van der Waals surface area (Å²) in [5.74, 6) is -2.94. The van der Waals surface area contributed by atoms with Gasteiger partial charge in [0.2, 0.25) is 0 Å². The van der Waals surface area contributed by atoms with E-state index >= 15 is 0 Å². The lowest BCUT2D eigenvalue weighted by Crippen LogP contribution is -2.53. The van der Waals surface area contributed by atoms with Crippen LogP contribution in [0.5, 0.6) is 0 Å². The molecule has 8 heteroatoms. The minimum atomic E-state index is -4.90. The lowest BCUT2D eigenvalue weighted by molar-refractivity contribution is -0.187. The molecule has 2 rings (SSSR count). The van der Waals surface area contributed by atoms with Crippen LogP contribution in [0.25, 0.3) is 0 Å². The van der Waals surface area contributed by atoms with Crippen molar-refractivity contribution in [1.29, 1.82) is 0 Å². The van der Waals surface area contributed by atoms with Gasteiger partial charge in [-0.2, -0.15) is 13.2 Å². The Morgan fingerprint density at radius 2 is 1.78 bits per heavy atom. The van der Waals surface area contributed by atoms with Crippen LogP contribution in [0.15, 0.2) is 24.3 Å². The number of halogens is 3. The predicted molar refractivity (Wildman–Crippen MR) is 75.8 cm³/mol. The summed E-state index contributed by atoms with van der Waals surface area (Å²) in [5.41, 5.74) is 1.48. The molecule has 0 spiro atoms. The van der Waals surface area contributed by atoms with E-state index in [1.807, 2.05) is 13.0 Å². The van der Waals surface area contributed by atoms with Crippen LogP contribution in [0, 0.1) is 6.92 Å². The van der Waals surface area contributed by atoms with Gasteiger partial charge in [0, 0.05) is 26.2 Å². The number of aryl methyl sites for hydroxylation is 1. The van der Waals surface area contributed by atoms with Gasteiger partial charge in [-0.3, -0.25) is 14.5 Å². The van der Waals surface area contributed by atoms with Gasteiger partial charge in [-0.15, -0.1) is 0 Å². The van der Waals surface area contributed by atoms with Gasteiger partial charge >= 0.3 is 18.1 Å². The first-order valence-corrected chi connectivity index (χ1v) is 7.09. The van der Waals surface area contributed by atoms with Crippen molar-refractivity contribution in [3.8, 4) is 0 Å². The molecule has 0 aromatic heterocycles. The first-order chi connectivity index (χ1) is 10.7. The highest BCUT2D eigenvalue weighted by atomic mass is 19.4. The van der Waals surface area contributed by atoms with Crippen molar-refractivity contribution >= 4 is 11.9 Å². The molecule has 1 fully saturated rings. The Morgan fingerprint density at radius 1 is 1.17 bits per heavy atom. The fourth-order valence-electron chi connectivity index (χ4n) is 2.71. The van der Waals surface area contributed by atoms with Gasteiger partial charge in [0.1, 0.15) is 6.04 Å². The van der Waals surface area contributed by atoms with Crippen LogP contribution in [0.4, 0.5) is 13.2 Å². The maximum Gasteiger partial charge on any atom is 0.471 e. The van der Waals surface area contributed by atoms with E-state index in [-0.39, 0.29) is 26.2 Å². The number of hydrogen-bond donors (Lipinski definition) is 1. The molecule has 1 aliphatic rings. The van der Waals surface area contributed by atoms with Crippen molar-refractivity contribution in [1.82, 2.24) is 9.80 Å². The summed E-state index contributed by atoms with van der Waals surface area (Å²) in [5, 5.41) is 9.47. The summed E-state index contributed by atoms with van der Waals surface area (Å²) in [4.78, 5) is 25.1. The van der Waals surface area contributed by atoms with Crippen molar-refractivity contribution < 1.29 is 27.9 Å². The maximum absolute atomic E-state index is 12.4. The van der Waals surface area contributed by atoms with Gasteiger partial charge in [0.15, 0.2) is 0 Å². The molecule has 0 radical (unpaired) electrons. The Bertz CT molecular complexity index is 596. The number of carbonyl (C=O) groups excluding carboxylic acids is 1. The van der Waals surface area contributed by atoms with Crippen molar-refractivity contribution in [3.05, 3.63) is 35.4 Å². The second-order valence-corrected chi connectivity index (χ2v) is 5.48. The Kier molecular flexibility index (Phi) is 4.93. The molecule has 1 N–H and O–H groups in total. The van der Waals surface area contributed by atoms with Gasteiger partial charge in [0.25, 0.3) is 0 Å². The largest absolute Gasteiger partial charge is 0.480 e. The van der Waals surface area contributed by atoms with Crippen LogP contribution in [0.1, 0.15) is 17.2 Å². The van der Waals surface area contributed by atoms with Crippen LogP contribution < -0.4 is 0 Å². The molecule has 0 saturated carbocycles. The third kappa shape index (κ3) is 4.01. The Morgan fingerprint density at radius 3 is 2.26 bits per heavy atom. The monoisotopic (exact) mass is 330 g/mol. The first-order valence-electron chi connectivity index (χ1n) is 7.09. The number of carbonyl (C=O) groups is 2. The number of benzene rings is 1. The highest BCUT2D eigenvalue weighted by Gasteiger charge is 2.44. The average Bonchev–Trinajstić information content (AvgIpc) is 2.46. The summed E-state index contributed by atoms with van der Waals surface area (Å²) >= 11 is 0. The smallest absolute Gasteiger partial charge is 0.471 e. The molecule has 1 unspecified atom stereocenters. The number of alkyl halides is 3. The van der Waals surface area contributed by atoms with E-state index in [9.17, 15) is 27.9 Å². The van der Waals surface area contributed by atoms with Gasteiger partial charge in [-0.05, 0) is 12.5 Å². The van der Waals surface area contributed by atoms with Gasteiger partial charge in [-0.25, -0.2) is 0 Å². The zero-order valence-corrected chi connectivity index (χ0v) is 12.5. The van der Waals surface area contributed by atoms with E-state index in [0.717, 1.165) is 5.56 Å². The number of amides is 1. The topological polar surface area (TPSA) is 60.9 Å². The molecular weight excluding hydrogens is 313 g/mol. The molecule has 1 saturated heterocycles. The van der Waals surface area contributed by atoms with E-state index in [0.29, 0.717) is 10.5 Å². The summed E-state index contributed by atoms with van der Waals surface area (Å²) in [7, 11) is 0. The van der Waals surface area contributed by atoms with E-state index in [4.69, 9.17) is 0 Å². The molecule has 0 aliphatic carbocycles. The van der Waals surface area contributed by atoms with Crippen LogP contribution in [0.2, 0.25) is 0 Å². The minimum Gasteiger partial charge on any atom is -0.480 e. The third-order valence-electron chi connectivity index (χ3n) is 3.80. The molecular formula is C15H17F3N2O3. The third-order valence-corrected chi connectivity index (χ3v) is 3.80. The quantitative estimate of drug-likeness (QED) is 0.918. The van der Waals surface area contributed by atoms with Crippen molar-refractivity contribution in [2.24, 2.45) is 0 Å². The Labute approximate surface area is 131 Å². The Hall–Kier alpha value is -2.09. The molecule has 5 nitrogen and oxygen atoms in total. The zero-order chi connectivity index (χ0) is 17.2. The van der Waals surface area contributed by atoms with Crippen LogP contribution in [-0.4, -0.2) is 59.1 Å². The molecule has 1 aliphatic heterocycles. The number of aliphatic carboxylic acids is 1. The van der Waals surface area contributed by atoms with Gasteiger partial charge in [-0.1, -0.05) is 29.8 Å². The summed E-state index contributed by atoms with van der Waals surface area (Å²) in [6.07, 6.45) is -4.90. The molecule has 0 bridgehead atoms. The second kappa shape index (κ2) is 6.57. The normalized spacial score (nSPS) is 17.8. The van der Waals surface area contributed by atoms with Crippen molar-refractivity contribution in [2.75, 3.05) is 26.2 Å². The predicted octanol–water partition coefficient (Wildman–Crippen LogP) is 1.83. The fraction of sp³-hybridized carbons (Fsp3) is 0.467. The molecule has 1 aromatic carbocycles. The van der Waals surface area contributed by atoms with E-state index in [1.165, 1.54) is 0 Å². The summed E-state index contributed by atoms with van der Waals surface area (Å²) < 4.78 is 37.3. The average molecular weight is 330 g/mol. The van der Waals surface area contributed by atoms with Crippen molar-refractivity contribution in [2.45, 2.75) is 19.1 Å². The van der Waals surface area contributed by atoms with E-state index in [2.05, 4.69) is 0 Å². The second-order valence-electron chi connectivity index (χ2n) is 5.48. The number of carboxylic acids is 1. The molecule has 23 heavy (non-hydrogen) atoms. The van der Waals surface area contributed by atoms with Crippen LogP contribution in [-0.2, 0) is 9.59 Å². The highest BCUT2D eigenvalue weighted by molar-refractivity contribution is 5.82. The maximum atomic E-state index is 12.4. The summed E-state index contributed by atoms with van der Waals surface area (Å²) in [6, 6.07) is 6.07. The molecule has 1 atom stereocenters. The Balaban J connectivity index is 2.10. The van der Waals surface area contributed by atoms with Gasteiger partial charge in [0.05, 0.1) is 0 Å². The van der Waals surface area contributed by atoms with Crippen molar-refractivity contribution in [3.63, 3.8) is 0 Å². The first kappa shape index (κ1) is 17.3. The lowest BCUT2D eigenvalue weighted by Gasteiger charge is -2.38. The van der Waals surface area contributed by atoms with Gasteiger partial charge < -0.3 is 10.0 Å². The number of piperazine rings is 1. The standard InChI is InChI=1S/C15H17F3N2O3/c1-10-3-2-4-11(9-10)12(13(21)22)19-5-7-20(8-6-19)14(23)15(16,17)18/h2-4,9,12H,5-8H2,1H3,(H,21,22). The fourth-order valence-corrected chi connectivity index (χ4v) is 2.71. The molecule has 1 heterocycles. The number of hydrogen-bond acceptors (Lipinski definition) is 3. The zero-order valence-electron chi connectivity index (χ0n) is 12.5. The summed E-state index contributed by atoms with van der Waals surface area (Å²) in [6.45, 7) is 1.70. The number of nitrogens with zero attached hydrogens (tertiary/aromatic N) is 2. The van der Waals surface area contributed by atoms with Crippen LogP contribution >= 0.6 is 0 Å². The molecule has 1 amide bonds. The molecule has 1 aromatic rings. The minimum absolute atomic E-state index is 0.0761. The number of rotatable bonds is 3. The molecule has 126 valence electrons. The number of carboxylic acid groups (broad SMARTS) is 1.